The highest BCUT2D eigenvalue weighted by Crippen LogP contribution is 2.23. The molecule has 2 amide bonds. The largest absolute Gasteiger partial charge is 0.406 e. The standard InChI is InChI=1S/C15H24F3N3O2/c1-10(11-3-2-5-19-8-11)7-13(22)20-12-4-6-21(14(12)23)9-15(16,17)18/h10-12,19H,2-9H2,1H3,(H,20,22). The third-order valence-electron chi connectivity index (χ3n) is 4.65. The van der Waals surface area contributed by atoms with Gasteiger partial charge in [-0.2, -0.15) is 13.2 Å². The zero-order valence-electron chi connectivity index (χ0n) is 13.3. The number of hydrogen-bond acceptors (Lipinski definition) is 3. The average Bonchev–Trinajstić information content (AvgIpc) is 2.79. The van der Waals surface area contributed by atoms with E-state index in [4.69, 9.17) is 0 Å². The van der Waals surface area contributed by atoms with E-state index in [0.29, 0.717) is 12.3 Å². The van der Waals surface area contributed by atoms with Gasteiger partial charge >= 0.3 is 6.18 Å². The van der Waals surface area contributed by atoms with Crippen LogP contribution in [-0.4, -0.2) is 55.1 Å². The summed E-state index contributed by atoms with van der Waals surface area (Å²) in [5, 5.41) is 5.89. The number of rotatable bonds is 5. The summed E-state index contributed by atoms with van der Waals surface area (Å²) in [5.41, 5.74) is 0. The number of alkyl halides is 3. The molecule has 2 rings (SSSR count). The van der Waals surface area contributed by atoms with Crippen LogP contribution in [-0.2, 0) is 9.59 Å². The van der Waals surface area contributed by atoms with Gasteiger partial charge in [-0.25, -0.2) is 0 Å². The van der Waals surface area contributed by atoms with Crippen molar-refractivity contribution in [1.82, 2.24) is 15.5 Å². The lowest BCUT2D eigenvalue weighted by atomic mass is 9.85. The second-order valence-corrected chi connectivity index (χ2v) is 6.57. The van der Waals surface area contributed by atoms with Crippen LogP contribution in [0.25, 0.3) is 0 Å². The smallest absolute Gasteiger partial charge is 0.344 e. The van der Waals surface area contributed by atoms with E-state index in [1.165, 1.54) is 0 Å². The van der Waals surface area contributed by atoms with Gasteiger partial charge in [-0.1, -0.05) is 6.92 Å². The summed E-state index contributed by atoms with van der Waals surface area (Å²) in [6.45, 7) is 2.68. The lowest BCUT2D eigenvalue weighted by Crippen LogP contribution is -2.44. The van der Waals surface area contributed by atoms with Crippen molar-refractivity contribution in [2.75, 3.05) is 26.2 Å². The van der Waals surface area contributed by atoms with E-state index in [1.807, 2.05) is 6.92 Å². The molecule has 0 saturated carbocycles. The minimum absolute atomic E-state index is 0.0331. The van der Waals surface area contributed by atoms with Crippen LogP contribution >= 0.6 is 0 Å². The van der Waals surface area contributed by atoms with Crippen molar-refractivity contribution in [3.63, 3.8) is 0 Å². The monoisotopic (exact) mass is 335 g/mol. The van der Waals surface area contributed by atoms with Crippen LogP contribution in [0.15, 0.2) is 0 Å². The van der Waals surface area contributed by atoms with E-state index in [-0.39, 0.29) is 24.8 Å². The molecule has 0 bridgehead atoms. The van der Waals surface area contributed by atoms with Gasteiger partial charge in [-0.3, -0.25) is 9.59 Å². The number of nitrogens with one attached hydrogen (secondary N) is 2. The first-order chi connectivity index (χ1) is 10.8. The minimum atomic E-state index is -4.41. The molecular weight excluding hydrogens is 311 g/mol. The Morgan fingerprint density at radius 1 is 1.43 bits per heavy atom. The lowest BCUT2D eigenvalue weighted by molar-refractivity contribution is -0.158. The molecule has 2 aliphatic rings. The third kappa shape index (κ3) is 5.37. The fourth-order valence-corrected chi connectivity index (χ4v) is 3.32. The van der Waals surface area contributed by atoms with Crippen molar-refractivity contribution in [2.45, 2.75) is 44.8 Å². The maximum absolute atomic E-state index is 12.4. The predicted molar refractivity (Wildman–Crippen MR) is 78.6 cm³/mol. The molecular formula is C15H24F3N3O2. The fraction of sp³-hybridized carbons (Fsp3) is 0.867. The molecule has 0 radical (unpaired) electrons. The number of likely N-dealkylation sites (tertiary alicyclic amines) is 1. The maximum Gasteiger partial charge on any atom is 0.406 e. The highest BCUT2D eigenvalue weighted by molar-refractivity contribution is 5.89. The summed E-state index contributed by atoms with van der Waals surface area (Å²) in [7, 11) is 0. The Hall–Kier alpha value is -1.31. The van der Waals surface area contributed by atoms with Crippen LogP contribution in [0.5, 0.6) is 0 Å². The SMILES string of the molecule is CC(CC(=O)NC1CCN(CC(F)(F)F)C1=O)C1CCCNC1. The zero-order valence-corrected chi connectivity index (χ0v) is 13.3. The van der Waals surface area contributed by atoms with Gasteiger partial charge < -0.3 is 15.5 Å². The van der Waals surface area contributed by atoms with Crippen molar-refractivity contribution in [2.24, 2.45) is 11.8 Å². The van der Waals surface area contributed by atoms with Gasteiger partial charge in [0.05, 0.1) is 0 Å². The summed E-state index contributed by atoms with van der Waals surface area (Å²) < 4.78 is 37.1. The molecule has 23 heavy (non-hydrogen) atoms. The molecule has 0 aromatic rings. The highest BCUT2D eigenvalue weighted by Gasteiger charge is 2.39. The van der Waals surface area contributed by atoms with Crippen molar-refractivity contribution in [3.05, 3.63) is 0 Å². The summed E-state index contributed by atoms with van der Waals surface area (Å²) in [4.78, 5) is 24.7. The first-order valence-corrected chi connectivity index (χ1v) is 8.12. The molecule has 0 aromatic carbocycles. The molecule has 0 spiro atoms. The summed E-state index contributed by atoms with van der Waals surface area (Å²) in [6.07, 6.45) is -1.71. The van der Waals surface area contributed by atoms with Crippen molar-refractivity contribution in [1.29, 1.82) is 0 Å². The second kappa shape index (κ2) is 7.51. The van der Waals surface area contributed by atoms with Gasteiger partial charge in [0, 0.05) is 13.0 Å². The fourth-order valence-electron chi connectivity index (χ4n) is 3.32. The molecule has 2 saturated heterocycles. The number of hydrogen-bond donors (Lipinski definition) is 2. The summed E-state index contributed by atoms with van der Waals surface area (Å²) in [5.74, 6) is -0.279. The third-order valence-corrected chi connectivity index (χ3v) is 4.65. The van der Waals surface area contributed by atoms with E-state index < -0.39 is 24.7 Å². The van der Waals surface area contributed by atoms with Crippen molar-refractivity contribution < 1.29 is 22.8 Å². The molecule has 3 unspecified atom stereocenters. The Morgan fingerprint density at radius 2 is 2.17 bits per heavy atom. The molecule has 8 heteroatoms. The van der Waals surface area contributed by atoms with E-state index in [2.05, 4.69) is 10.6 Å². The molecule has 2 fully saturated rings. The number of halogens is 3. The van der Waals surface area contributed by atoms with Gasteiger partial charge in [-0.15, -0.1) is 0 Å². The van der Waals surface area contributed by atoms with Crippen LogP contribution in [0, 0.1) is 11.8 Å². The molecule has 2 heterocycles. The van der Waals surface area contributed by atoms with Crippen LogP contribution in [0.4, 0.5) is 13.2 Å². The normalized spacial score (nSPS) is 27.1. The Kier molecular flexibility index (Phi) is 5.89. The average molecular weight is 335 g/mol. The first-order valence-electron chi connectivity index (χ1n) is 8.12. The number of piperidine rings is 1. The predicted octanol–water partition coefficient (Wildman–Crippen LogP) is 1.29. The number of amides is 2. The molecule has 0 aliphatic carbocycles. The Labute approximate surface area is 134 Å². The van der Waals surface area contributed by atoms with Crippen LogP contribution in [0.1, 0.15) is 32.6 Å². The van der Waals surface area contributed by atoms with Crippen LogP contribution < -0.4 is 10.6 Å². The quantitative estimate of drug-likeness (QED) is 0.796. The summed E-state index contributed by atoms with van der Waals surface area (Å²) >= 11 is 0. The van der Waals surface area contributed by atoms with E-state index >= 15 is 0 Å². The molecule has 3 atom stereocenters. The molecule has 0 aromatic heterocycles. The van der Waals surface area contributed by atoms with Gasteiger partial charge in [-0.05, 0) is 44.2 Å². The first kappa shape index (κ1) is 18.0. The van der Waals surface area contributed by atoms with Crippen molar-refractivity contribution >= 4 is 11.8 Å². The number of carbonyl (C=O) groups is 2. The van der Waals surface area contributed by atoms with Gasteiger partial charge in [0.1, 0.15) is 12.6 Å². The van der Waals surface area contributed by atoms with E-state index in [1.54, 1.807) is 0 Å². The maximum atomic E-state index is 12.4. The molecule has 132 valence electrons. The number of nitrogens with zero attached hydrogens (tertiary/aromatic N) is 1. The zero-order chi connectivity index (χ0) is 17.0. The Morgan fingerprint density at radius 3 is 2.78 bits per heavy atom. The van der Waals surface area contributed by atoms with Crippen molar-refractivity contribution in [3.8, 4) is 0 Å². The minimum Gasteiger partial charge on any atom is -0.344 e. The van der Waals surface area contributed by atoms with Gasteiger partial charge in [0.2, 0.25) is 11.8 Å². The van der Waals surface area contributed by atoms with Gasteiger partial charge in [0.25, 0.3) is 0 Å². The Balaban J connectivity index is 1.78. The summed E-state index contributed by atoms with van der Waals surface area (Å²) in [6, 6.07) is -0.818. The van der Waals surface area contributed by atoms with Gasteiger partial charge in [0.15, 0.2) is 0 Å². The topological polar surface area (TPSA) is 61.4 Å². The lowest BCUT2D eigenvalue weighted by Gasteiger charge is -2.28. The second-order valence-electron chi connectivity index (χ2n) is 6.57. The highest BCUT2D eigenvalue weighted by atomic mass is 19.4. The van der Waals surface area contributed by atoms with E-state index in [0.717, 1.165) is 30.8 Å². The Bertz CT molecular complexity index is 436. The number of carbonyl (C=O) groups excluding carboxylic acids is 2. The molecule has 5 nitrogen and oxygen atoms in total. The molecule has 2 N–H and O–H groups in total. The van der Waals surface area contributed by atoms with E-state index in [9.17, 15) is 22.8 Å². The molecule has 2 aliphatic heterocycles. The van der Waals surface area contributed by atoms with Crippen LogP contribution in [0.2, 0.25) is 0 Å². The van der Waals surface area contributed by atoms with Crippen LogP contribution in [0.3, 0.4) is 0 Å².